The Morgan fingerprint density at radius 3 is 2.78 bits per heavy atom. The SMILES string of the molecule is C[C@H](N)c1ncc(Br)s1. The van der Waals surface area contributed by atoms with Crippen LogP contribution in [-0.2, 0) is 0 Å². The molecule has 0 saturated carbocycles. The monoisotopic (exact) mass is 206 g/mol. The first-order chi connectivity index (χ1) is 4.20. The smallest absolute Gasteiger partial charge is 0.110 e. The zero-order valence-corrected chi connectivity index (χ0v) is 7.37. The summed E-state index contributed by atoms with van der Waals surface area (Å²) < 4.78 is 1.04. The van der Waals surface area contributed by atoms with Crippen LogP contribution in [0.4, 0.5) is 0 Å². The van der Waals surface area contributed by atoms with Gasteiger partial charge in [0.25, 0.3) is 0 Å². The average Bonchev–Trinajstić information content (AvgIpc) is 2.14. The highest BCUT2D eigenvalue weighted by molar-refractivity contribution is 9.11. The van der Waals surface area contributed by atoms with Gasteiger partial charge in [-0.3, -0.25) is 0 Å². The molecule has 1 heterocycles. The molecule has 0 aliphatic carbocycles. The molecule has 0 bridgehead atoms. The lowest BCUT2D eigenvalue weighted by molar-refractivity contribution is 0.807. The highest BCUT2D eigenvalue weighted by atomic mass is 79.9. The van der Waals surface area contributed by atoms with Gasteiger partial charge in [0.15, 0.2) is 0 Å². The Hall–Kier alpha value is 0.0700. The van der Waals surface area contributed by atoms with Crippen LogP contribution in [0.1, 0.15) is 18.0 Å². The zero-order chi connectivity index (χ0) is 6.85. The van der Waals surface area contributed by atoms with Crippen LogP contribution in [0.5, 0.6) is 0 Å². The second-order valence-electron chi connectivity index (χ2n) is 1.79. The maximum absolute atomic E-state index is 5.55. The van der Waals surface area contributed by atoms with Crippen LogP contribution in [0.25, 0.3) is 0 Å². The number of hydrogen-bond donors (Lipinski definition) is 1. The van der Waals surface area contributed by atoms with Crippen molar-refractivity contribution in [3.8, 4) is 0 Å². The molecule has 1 aromatic heterocycles. The molecule has 0 aliphatic heterocycles. The fraction of sp³-hybridized carbons (Fsp3) is 0.400. The predicted octanol–water partition coefficient (Wildman–Crippen LogP) is 1.93. The van der Waals surface area contributed by atoms with Crippen LogP contribution in [0.2, 0.25) is 0 Å². The third-order valence-electron chi connectivity index (χ3n) is 0.885. The molecule has 0 fully saturated rings. The van der Waals surface area contributed by atoms with Crippen molar-refractivity contribution >= 4 is 27.3 Å². The molecule has 1 atom stereocenters. The number of rotatable bonds is 1. The van der Waals surface area contributed by atoms with Crippen molar-refractivity contribution in [2.75, 3.05) is 0 Å². The Morgan fingerprint density at radius 1 is 1.89 bits per heavy atom. The van der Waals surface area contributed by atoms with Gasteiger partial charge in [0.1, 0.15) is 5.01 Å². The van der Waals surface area contributed by atoms with E-state index in [1.165, 1.54) is 0 Å². The lowest BCUT2D eigenvalue weighted by Gasteiger charge is -1.94. The van der Waals surface area contributed by atoms with Gasteiger partial charge in [0.05, 0.1) is 16.0 Å². The summed E-state index contributed by atoms with van der Waals surface area (Å²) in [6.07, 6.45) is 1.77. The minimum atomic E-state index is 0.0568. The summed E-state index contributed by atoms with van der Waals surface area (Å²) >= 11 is 4.88. The first-order valence-electron chi connectivity index (χ1n) is 2.57. The Labute approximate surface area is 66.2 Å². The van der Waals surface area contributed by atoms with Gasteiger partial charge in [0, 0.05) is 0 Å². The molecule has 9 heavy (non-hydrogen) atoms. The zero-order valence-electron chi connectivity index (χ0n) is 4.97. The first-order valence-corrected chi connectivity index (χ1v) is 4.18. The van der Waals surface area contributed by atoms with Crippen LogP contribution in [0.15, 0.2) is 9.98 Å². The second kappa shape index (κ2) is 2.77. The summed E-state index contributed by atoms with van der Waals surface area (Å²) in [6.45, 7) is 1.92. The third-order valence-corrected chi connectivity index (χ3v) is 2.56. The van der Waals surface area contributed by atoms with Gasteiger partial charge in [0.2, 0.25) is 0 Å². The van der Waals surface area contributed by atoms with E-state index in [0.29, 0.717) is 0 Å². The number of aromatic nitrogens is 1. The van der Waals surface area contributed by atoms with Crippen molar-refractivity contribution in [3.05, 3.63) is 15.0 Å². The molecule has 2 nitrogen and oxygen atoms in total. The summed E-state index contributed by atoms with van der Waals surface area (Å²) in [6, 6.07) is 0.0568. The van der Waals surface area contributed by atoms with Crippen molar-refractivity contribution < 1.29 is 0 Å². The summed E-state index contributed by atoms with van der Waals surface area (Å²) in [5.74, 6) is 0. The Kier molecular flexibility index (Phi) is 2.21. The highest BCUT2D eigenvalue weighted by Crippen LogP contribution is 2.22. The van der Waals surface area contributed by atoms with E-state index in [4.69, 9.17) is 5.73 Å². The Balaban J connectivity index is 2.85. The molecular weight excluding hydrogens is 200 g/mol. The molecular formula is C5H7BrN2S. The van der Waals surface area contributed by atoms with E-state index < -0.39 is 0 Å². The maximum Gasteiger partial charge on any atom is 0.110 e. The molecule has 0 saturated heterocycles. The summed E-state index contributed by atoms with van der Waals surface area (Å²) in [7, 11) is 0. The number of nitrogens with zero attached hydrogens (tertiary/aromatic N) is 1. The van der Waals surface area contributed by atoms with Crippen molar-refractivity contribution in [2.24, 2.45) is 5.73 Å². The fourth-order valence-corrected chi connectivity index (χ4v) is 1.67. The largest absolute Gasteiger partial charge is 0.322 e. The number of halogens is 1. The molecule has 0 amide bonds. The van der Waals surface area contributed by atoms with E-state index in [2.05, 4.69) is 20.9 Å². The molecule has 1 rings (SSSR count). The van der Waals surface area contributed by atoms with E-state index >= 15 is 0 Å². The molecule has 4 heteroatoms. The molecule has 1 aromatic rings. The van der Waals surface area contributed by atoms with Crippen LogP contribution in [0, 0.1) is 0 Å². The van der Waals surface area contributed by atoms with Gasteiger partial charge < -0.3 is 5.73 Å². The number of hydrogen-bond acceptors (Lipinski definition) is 3. The maximum atomic E-state index is 5.55. The van der Waals surface area contributed by atoms with Crippen LogP contribution < -0.4 is 5.73 Å². The van der Waals surface area contributed by atoms with Gasteiger partial charge in [-0.05, 0) is 22.9 Å². The average molecular weight is 207 g/mol. The molecule has 0 aromatic carbocycles. The van der Waals surface area contributed by atoms with Gasteiger partial charge in [-0.15, -0.1) is 11.3 Å². The lowest BCUT2D eigenvalue weighted by Crippen LogP contribution is -2.03. The van der Waals surface area contributed by atoms with E-state index in [-0.39, 0.29) is 6.04 Å². The van der Waals surface area contributed by atoms with Crippen LogP contribution >= 0.6 is 27.3 Å². The van der Waals surface area contributed by atoms with Crippen molar-refractivity contribution in [1.29, 1.82) is 0 Å². The molecule has 0 radical (unpaired) electrons. The number of thiazole rings is 1. The first kappa shape index (κ1) is 7.18. The van der Waals surface area contributed by atoms with Crippen molar-refractivity contribution in [3.63, 3.8) is 0 Å². The molecule has 0 unspecified atom stereocenters. The molecule has 0 aliphatic rings. The van der Waals surface area contributed by atoms with Gasteiger partial charge in [-0.25, -0.2) is 4.98 Å². The molecule has 0 spiro atoms. The summed E-state index contributed by atoms with van der Waals surface area (Å²) in [5, 5.41) is 0.974. The Bertz CT molecular complexity index is 197. The van der Waals surface area contributed by atoms with Gasteiger partial charge in [-0.1, -0.05) is 0 Å². The summed E-state index contributed by atoms with van der Waals surface area (Å²) in [5.41, 5.74) is 5.55. The van der Waals surface area contributed by atoms with E-state index in [1.54, 1.807) is 17.5 Å². The predicted molar refractivity (Wildman–Crippen MR) is 42.4 cm³/mol. The van der Waals surface area contributed by atoms with Crippen molar-refractivity contribution in [2.45, 2.75) is 13.0 Å². The van der Waals surface area contributed by atoms with E-state index in [9.17, 15) is 0 Å². The highest BCUT2D eigenvalue weighted by Gasteiger charge is 2.02. The van der Waals surface area contributed by atoms with Gasteiger partial charge in [-0.2, -0.15) is 0 Å². The second-order valence-corrected chi connectivity index (χ2v) is 4.23. The summed E-state index contributed by atoms with van der Waals surface area (Å²) in [4.78, 5) is 4.06. The number of nitrogens with two attached hydrogens (primary N) is 1. The minimum absolute atomic E-state index is 0.0568. The van der Waals surface area contributed by atoms with E-state index in [1.807, 2.05) is 6.92 Å². The van der Waals surface area contributed by atoms with Gasteiger partial charge >= 0.3 is 0 Å². The third kappa shape index (κ3) is 1.74. The Morgan fingerprint density at radius 2 is 2.56 bits per heavy atom. The molecule has 2 N–H and O–H groups in total. The minimum Gasteiger partial charge on any atom is -0.322 e. The standard InChI is InChI=1S/C5H7BrN2S/c1-3(7)5-8-2-4(6)9-5/h2-3H,7H2,1H3/t3-/m0/s1. The fourth-order valence-electron chi connectivity index (χ4n) is 0.477. The lowest BCUT2D eigenvalue weighted by atomic mass is 10.4. The van der Waals surface area contributed by atoms with Crippen LogP contribution in [-0.4, -0.2) is 4.98 Å². The van der Waals surface area contributed by atoms with Crippen LogP contribution in [0.3, 0.4) is 0 Å². The normalized spacial score (nSPS) is 13.7. The quantitative estimate of drug-likeness (QED) is 0.764. The molecule has 50 valence electrons. The van der Waals surface area contributed by atoms with Crippen molar-refractivity contribution in [1.82, 2.24) is 4.98 Å². The van der Waals surface area contributed by atoms with E-state index in [0.717, 1.165) is 8.79 Å². The topological polar surface area (TPSA) is 38.9 Å².